The number of thioether (sulfide) groups is 1. The van der Waals surface area contributed by atoms with E-state index in [0.717, 1.165) is 11.3 Å². The number of benzene rings is 2. The molecular formula is C20H25NOS. The number of hydrogen-bond donors (Lipinski definition) is 0. The molecule has 2 aromatic carbocycles. The van der Waals surface area contributed by atoms with Crippen molar-refractivity contribution in [2.45, 2.75) is 40.0 Å². The normalized spacial score (nSPS) is 17.0. The van der Waals surface area contributed by atoms with Gasteiger partial charge in [0.05, 0.1) is 5.75 Å². The fourth-order valence-corrected chi connectivity index (χ4v) is 3.91. The summed E-state index contributed by atoms with van der Waals surface area (Å²) in [7, 11) is 0. The van der Waals surface area contributed by atoms with Crippen LogP contribution in [0.1, 0.15) is 41.5 Å². The van der Waals surface area contributed by atoms with Gasteiger partial charge in [0.25, 0.3) is 0 Å². The first kappa shape index (κ1) is 17.6. The van der Waals surface area contributed by atoms with Gasteiger partial charge in [0.2, 0.25) is 5.91 Å². The van der Waals surface area contributed by atoms with Crippen LogP contribution in [0.15, 0.2) is 42.5 Å². The molecule has 0 radical (unpaired) electrons. The summed E-state index contributed by atoms with van der Waals surface area (Å²) >= 11 is 1.70. The zero-order chi connectivity index (χ0) is 17.0. The Kier molecular flexibility index (Phi) is 5.89. The fraction of sp³-hybridized carbons (Fsp3) is 0.350. The predicted octanol–water partition coefficient (Wildman–Crippen LogP) is 5.42. The Morgan fingerprint density at radius 3 is 2.17 bits per heavy atom. The third kappa shape index (κ3) is 3.78. The third-order valence-corrected chi connectivity index (χ3v) is 5.05. The van der Waals surface area contributed by atoms with Crippen molar-refractivity contribution in [2.75, 3.05) is 10.7 Å². The summed E-state index contributed by atoms with van der Waals surface area (Å²) in [6, 6.07) is 14.8. The topological polar surface area (TPSA) is 20.3 Å². The van der Waals surface area contributed by atoms with Gasteiger partial charge in [-0.2, -0.15) is 0 Å². The smallest absolute Gasteiger partial charge is 0.238 e. The van der Waals surface area contributed by atoms with Gasteiger partial charge in [-0.1, -0.05) is 61.4 Å². The second-order valence-corrected chi connectivity index (χ2v) is 6.70. The number of nitrogens with zero attached hydrogens (tertiary/aromatic N) is 1. The van der Waals surface area contributed by atoms with Gasteiger partial charge in [0.15, 0.2) is 0 Å². The Labute approximate surface area is 143 Å². The summed E-state index contributed by atoms with van der Waals surface area (Å²) in [5, 5.41) is 0.0829. The van der Waals surface area contributed by atoms with Crippen molar-refractivity contribution in [1.82, 2.24) is 0 Å². The minimum absolute atomic E-state index is 0.0829. The standard InChI is InChI=1S/C18H19NOS.C2H6/c1-12-4-7-15(8-5-12)18-19(17(20)11-21-18)16-9-6-13(2)10-14(16)3;1-2/h4-10,18H,11H2,1-3H3;1-2H3. The molecule has 1 saturated heterocycles. The Balaban J connectivity index is 0.000000924. The molecule has 122 valence electrons. The SMILES string of the molecule is CC.Cc1ccc(C2SCC(=O)N2c2ccc(C)cc2C)cc1. The summed E-state index contributed by atoms with van der Waals surface area (Å²) in [5.41, 5.74) is 5.84. The molecule has 2 nitrogen and oxygen atoms in total. The van der Waals surface area contributed by atoms with Crippen molar-refractivity contribution in [3.63, 3.8) is 0 Å². The number of rotatable bonds is 2. The first-order chi connectivity index (χ1) is 11.1. The van der Waals surface area contributed by atoms with Crippen molar-refractivity contribution in [3.05, 3.63) is 64.7 Å². The molecule has 1 heterocycles. The van der Waals surface area contributed by atoms with Crippen LogP contribution in [0.3, 0.4) is 0 Å². The molecule has 3 heteroatoms. The Bertz CT molecular complexity index is 679. The van der Waals surface area contributed by atoms with E-state index >= 15 is 0 Å². The molecule has 23 heavy (non-hydrogen) atoms. The first-order valence-corrected chi connectivity index (χ1v) is 9.18. The maximum absolute atomic E-state index is 12.4. The van der Waals surface area contributed by atoms with Crippen molar-refractivity contribution in [1.29, 1.82) is 0 Å². The van der Waals surface area contributed by atoms with Crippen molar-refractivity contribution in [3.8, 4) is 0 Å². The fourth-order valence-electron chi connectivity index (χ4n) is 2.74. The van der Waals surface area contributed by atoms with E-state index in [0.29, 0.717) is 5.75 Å². The zero-order valence-corrected chi connectivity index (χ0v) is 15.4. The number of aryl methyl sites for hydroxylation is 3. The lowest BCUT2D eigenvalue weighted by atomic mass is 10.1. The van der Waals surface area contributed by atoms with E-state index in [2.05, 4.69) is 63.2 Å². The highest BCUT2D eigenvalue weighted by molar-refractivity contribution is 8.00. The molecule has 0 bridgehead atoms. The molecule has 0 aliphatic carbocycles. The molecule has 1 unspecified atom stereocenters. The summed E-state index contributed by atoms with van der Waals surface area (Å²) in [6.07, 6.45) is 0. The Morgan fingerprint density at radius 2 is 1.57 bits per heavy atom. The van der Waals surface area contributed by atoms with E-state index in [1.165, 1.54) is 16.7 Å². The Hall–Kier alpha value is -1.74. The van der Waals surface area contributed by atoms with Gasteiger partial charge in [-0.15, -0.1) is 11.8 Å². The van der Waals surface area contributed by atoms with Crippen molar-refractivity contribution >= 4 is 23.4 Å². The average molecular weight is 327 g/mol. The van der Waals surface area contributed by atoms with Crippen LogP contribution in [0.2, 0.25) is 0 Å². The Morgan fingerprint density at radius 1 is 0.957 bits per heavy atom. The minimum Gasteiger partial charge on any atom is -0.295 e. The second kappa shape index (κ2) is 7.69. The van der Waals surface area contributed by atoms with Gasteiger partial charge >= 0.3 is 0 Å². The minimum atomic E-state index is 0.0829. The molecule has 1 fully saturated rings. The van der Waals surface area contributed by atoms with Crippen LogP contribution in [0.25, 0.3) is 0 Å². The lowest BCUT2D eigenvalue weighted by Gasteiger charge is -2.26. The first-order valence-electron chi connectivity index (χ1n) is 8.14. The monoisotopic (exact) mass is 327 g/mol. The zero-order valence-electron chi connectivity index (χ0n) is 14.6. The quantitative estimate of drug-likeness (QED) is 0.734. The third-order valence-electron chi connectivity index (χ3n) is 3.84. The van der Waals surface area contributed by atoms with Crippen LogP contribution in [-0.2, 0) is 4.79 Å². The molecule has 1 atom stereocenters. The van der Waals surface area contributed by atoms with Crippen LogP contribution in [0.4, 0.5) is 5.69 Å². The molecule has 2 aromatic rings. The van der Waals surface area contributed by atoms with E-state index in [-0.39, 0.29) is 11.3 Å². The average Bonchev–Trinajstić information content (AvgIpc) is 2.92. The van der Waals surface area contributed by atoms with Crippen LogP contribution >= 0.6 is 11.8 Å². The maximum Gasteiger partial charge on any atom is 0.238 e. The molecule has 0 saturated carbocycles. The molecule has 0 N–H and O–H groups in total. The highest BCUT2D eigenvalue weighted by atomic mass is 32.2. The van der Waals surface area contributed by atoms with Gasteiger partial charge < -0.3 is 0 Å². The van der Waals surface area contributed by atoms with E-state index in [4.69, 9.17) is 0 Å². The molecule has 3 rings (SSSR count). The summed E-state index contributed by atoms with van der Waals surface area (Å²) < 4.78 is 0. The summed E-state index contributed by atoms with van der Waals surface area (Å²) in [6.45, 7) is 10.2. The van der Waals surface area contributed by atoms with E-state index in [1.807, 2.05) is 18.7 Å². The lowest BCUT2D eigenvalue weighted by molar-refractivity contribution is -0.115. The molecule has 1 aliphatic heterocycles. The maximum atomic E-state index is 12.4. The lowest BCUT2D eigenvalue weighted by Crippen LogP contribution is -2.28. The molecule has 0 aromatic heterocycles. The number of carbonyl (C=O) groups is 1. The van der Waals surface area contributed by atoms with E-state index in [9.17, 15) is 4.79 Å². The van der Waals surface area contributed by atoms with Crippen LogP contribution < -0.4 is 4.90 Å². The van der Waals surface area contributed by atoms with Crippen molar-refractivity contribution in [2.24, 2.45) is 0 Å². The highest BCUT2D eigenvalue weighted by Gasteiger charge is 2.34. The molecule has 0 spiro atoms. The highest BCUT2D eigenvalue weighted by Crippen LogP contribution is 2.42. The predicted molar refractivity (Wildman–Crippen MR) is 101 cm³/mol. The summed E-state index contributed by atoms with van der Waals surface area (Å²) in [4.78, 5) is 14.3. The van der Waals surface area contributed by atoms with E-state index < -0.39 is 0 Å². The number of carbonyl (C=O) groups excluding carboxylic acids is 1. The van der Waals surface area contributed by atoms with Crippen LogP contribution in [0.5, 0.6) is 0 Å². The van der Waals surface area contributed by atoms with Crippen LogP contribution in [0, 0.1) is 20.8 Å². The van der Waals surface area contributed by atoms with E-state index in [1.54, 1.807) is 11.8 Å². The van der Waals surface area contributed by atoms with Gasteiger partial charge in [-0.05, 0) is 38.0 Å². The number of anilines is 1. The molecule has 1 amide bonds. The largest absolute Gasteiger partial charge is 0.295 e. The molecule has 1 aliphatic rings. The van der Waals surface area contributed by atoms with Gasteiger partial charge in [-0.3, -0.25) is 9.69 Å². The van der Waals surface area contributed by atoms with Crippen LogP contribution in [-0.4, -0.2) is 11.7 Å². The van der Waals surface area contributed by atoms with Gasteiger partial charge in [0.1, 0.15) is 5.37 Å². The number of amides is 1. The number of hydrogen-bond acceptors (Lipinski definition) is 2. The second-order valence-electron chi connectivity index (χ2n) is 5.63. The van der Waals surface area contributed by atoms with Gasteiger partial charge in [-0.25, -0.2) is 0 Å². The van der Waals surface area contributed by atoms with Gasteiger partial charge in [0, 0.05) is 5.69 Å². The summed E-state index contributed by atoms with van der Waals surface area (Å²) in [5.74, 6) is 0.740. The molecular weight excluding hydrogens is 302 g/mol. The van der Waals surface area contributed by atoms with Crippen molar-refractivity contribution < 1.29 is 4.79 Å².